The summed E-state index contributed by atoms with van der Waals surface area (Å²) in [6.45, 7) is 10.0. The zero-order valence-corrected chi connectivity index (χ0v) is 9.92. The van der Waals surface area contributed by atoms with Crippen LogP contribution in [0.1, 0.15) is 43.8 Å². The minimum absolute atomic E-state index is 0.140. The Labute approximate surface area is 85.8 Å². The maximum atomic E-state index is 10.2. The summed E-state index contributed by atoms with van der Waals surface area (Å²) in [4.78, 5) is 0. The van der Waals surface area contributed by atoms with Crippen LogP contribution in [0.3, 0.4) is 0 Å². The molecule has 0 aliphatic carbocycles. The first kappa shape index (κ1) is 11.2. The maximum Gasteiger partial charge on any atom is 0.0874 e. The van der Waals surface area contributed by atoms with Crippen LogP contribution < -0.4 is 0 Å². The average molecular weight is 196 g/mol. The van der Waals surface area contributed by atoms with Crippen LogP contribution in [0.2, 0.25) is 0 Å². The van der Waals surface area contributed by atoms with Crippen LogP contribution in [0.15, 0.2) is 0 Å². The smallest absolute Gasteiger partial charge is 0.0874 e. The molecule has 0 saturated heterocycles. The molecule has 1 rings (SSSR count). The van der Waals surface area contributed by atoms with Gasteiger partial charge in [0.25, 0.3) is 0 Å². The van der Waals surface area contributed by atoms with Crippen LogP contribution in [0, 0.1) is 19.3 Å². The highest BCUT2D eigenvalue weighted by Crippen LogP contribution is 2.35. The van der Waals surface area contributed by atoms with E-state index in [2.05, 4.69) is 5.10 Å². The van der Waals surface area contributed by atoms with Crippen LogP contribution in [0.5, 0.6) is 0 Å². The third-order valence-electron chi connectivity index (χ3n) is 2.66. The van der Waals surface area contributed by atoms with Crippen molar-refractivity contribution in [3.8, 4) is 0 Å². The molecule has 0 aliphatic heterocycles. The van der Waals surface area contributed by atoms with Crippen molar-refractivity contribution in [3.63, 3.8) is 0 Å². The van der Waals surface area contributed by atoms with Gasteiger partial charge in [-0.15, -0.1) is 0 Å². The minimum atomic E-state index is -0.448. The second-order valence-electron chi connectivity index (χ2n) is 4.98. The van der Waals surface area contributed by atoms with Gasteiger partial charge in [-0.25, -0.2) is 0 Å². The molecular formula is C11H20N2O. The highest BCUT2D eigenvalue weighted by molar-refractivity contribution is 5.28. The molecule has 0 amide bonds. The number of aryl methyl sites for hydroxylation is 2. The third-order valence-corrected chi connectivity index (χ3v) is 2.66. The first-order valence-corrected chi connectivity index (χ1v) is 4.93. The largest absolute Gasteiger partial charge is 0.388 e. The molecule has 3 heteroatoms. The van der Waals surface area contributed by atoms with Gasteiger partial charge in [-0.05, 0) is 19.3 Å². The normalized spacial score (nSPS) is 14.5. The van der Waals surface area contributed by atoms with Crippen LogP contribution in [0.4, 0.5) is 0 Å². The minimum Gasteiger partial charge on any atom is -0.388 e. The third kappa shape index (κ3) is 1.82. The van der Waals surface area contributed by atoms with Gasteiger partial charge in [-0.3, -0.25) is 4.68 Å². The number of nitrogens with zero attached hydrogens (tertiary/aromatic N) is 2. The van der Waals surface area contributed by atoms with Gasteiger partial charge in [0, 0.05) is 18.3 Å². The molecule has 1 N–H and O–H groups in total. The number of hydrogen-bond donors (Lipinski definition) is 1. The Morgan fingerprint density at radius 1 is 1.29 bits per heavy atom. The first-order chi connectivity index (χ1) is 6.25. The topological polar surface area (TPSA) is 38.0 Å². The van der Waals surface area contributed by atoms with Crippen molar-refractivity contribution >= 4 is 0 Å². The van der Waals surface area contributed by atoms with E-state index < -0.39 is 6.10 Å². The van der Waals surface area contributed by atoms with Crippen molar-refractivity contribution in [2.75, 3.05) is 0 Å². The van der Waals surface area contributed by atoms with Gasteiger partial charge in [-0.2, -0.15) is 5.10 Å². The van der Waals surface area contributed by atoms with E-state index in [4.69, 9.17) is 0 Å². The lowest BCUT2D eigenvalue weighted by molar-refractivity contribution is 0.0615. The van der Waals surface area contributed by atoms with Crippen LogP contribution in [-0.4, -0.2) is 14.9 Å². The number of aliphatic hydroxyl groups excluding tert-OH is 1. The molecule has 1 aromatic heterocycles. The van der Waals surface area contributed by atoms with Gasteiger partial charge < -0.3 is 5.11 Å². The summed E-state index contributed by atoms with van der Waals surface area (Å²) in [5, 5.41) is 14.5. The van der Waals surface area contributed by atoms with Crippen molar-refractivity contribution in [1.82, 2.24) is 9.78 Å². The zero-order valence-electron chi connectivity index (χ0n) is 9.92. The van der Waals surface area contributed by atoms with Crippen LogP contribution in [0.25, 0.3) is 0 Å². The second-order valence-corrected chi connectivity index (χ2v) is 4.98. The quantitative estimate of drug-likeness (QED) is 0.747. The fourth-order valence-corrected chi connectivity index (χ4v) is 1.62. The molecule has 0 saturated carbocycles. The van der Waals surface area contributed by atoms with E-state index in [1.807, 2.05) is 46.3 Å². The Balaban J connectivity index is 3.19. The molecule has 1 heterocycles. The van der Waals surface area contributed by atoms with Crippen molar-refractivity contribution < 1.29 is 5.11 Å². The SMILES string of the molecule is Cc1nn(C)c(C)c1C(O)C(C)(C)C. The van der Waals surface area contributed by atoms with Gasteiger partial charge >= 0.3 is 0 Å². The Hall–Kier alpha value is -0.830. The molecule has 3 nitrogen and oxygen atoms in total. The number of hydrogen-bond acceptors (Lipinski definition) is 2. The van der Waals surface area contributed by atoms with Crippen molar-refractivity contribution in [2.45, 2.75) is 40.7 Å². The predicted molar refractivity (Wildman–Crippen MR) is 57.1 cm³/mol. The van der Waals surface area contributed by atoms with Gasteiger partial charge in [0.05, 0.1) is 11.8 Å². The van der Waals surface area contributed by atoms with Crippen molar-refractivity contribution in [1.29, 1.82) is 0 Å². The summed E-state index contributed by atoms with van der Waals surface area (Å²) in [6, 6.07) is 0. The standard InChI is InChI=1S/C11H20N2O/c1-7-9(8(2)13(6)12-7)10(14)11(3,4)5/h10,14H,1-6H3. The number of aromatic nitrogens is 2. The highest BCUT2D eigenvalue weighted by Gasteiger charge is 2.28. The predicted octanol–water partition coefficient (Wildman–Crippen LogP) is 2.12. The highest BCUT2D eigenvalue weighted by atomic mass is 16.3. The molecule has 1 aromatic rings. The molecule has 1 atom stereocenters. The van der Waals surface area contributed by atoms with Gasteiger partial charge in [-0.1, -0.05) is 20.8 Å². The molecule has 14 heavy (non-hydrogen) atoms. The lowest BCUT2D eigenvalue weighted by Crippen LogP contribution is -2.19. The summed E-state index contributed by atoms with van der Waals surface area (Å²) in [5.41, 5.74) is 2.80. The van der Waals surface area contributed by atoms with Crippen molar-refractivity contribution in [3.05, 3.63) is 17.0 Å². The molecule has 0 radical (unpaired) electrons. The lowest BCUT2D eigenvalue weighted by Gasteiger charge is -2.26. The van der Waals surface area contributed by atoms with E-state index in [1.54, 1.807) is 0 Å². The van der Waals surface area contributed by atoms with Crippen LogP contribution in [-0.2, 0) is 7.05 Å². The second kappa shape index (κ2) is 3.39. The number of aliphatic hydroxyl groups is 1. The number of rotatable bonds is 1. The van der Waals surface area contributed by atoms with Crippen molar-refractivity contribution in [2.24, 2.45) is 12.5 Å². The van der Waals surface area contributed by atoms with E-state index in [9.17, 15) is 5.11 Å². The molecule has 80 valence electrons. The molecule has 0 bridgehead atoms. The van der Waals surface area contributed by atoms with E-state index in [-0.39, 0.29) is 5.41 Å². The summed E-state index contributed by atoms with van der Waals surface area (Å²) in [5.74, 6) is 0. The fraction of sp³-hybridized carbons (Fsp3) is 0.727. The molecule has 1 unspecified atom stereocenters. The molecule has 0 spiro atoms. The first-order valence-electron chi connectivity index (χ1n) is 4.93. The summed E-state index contributed by atoms with van der Waals surface area (Å²) >= 11 is 0. The lowest BCUT2D eigenvalue weighted by atomic mass is 9.84. The summed E-state index contributed by atoms with van der Waals surface area (Å²) < 4.78 is 1.82. The Bertz CT molecular complexity index is 334. The Morgan fingerprint density at radius 3 is 2.07 bits per heavy atom. The maximum absolute atomic E-state index is 10.2. The van der Waals surface area contributed by atoms with Gasteiger partial charge in [0.1, 0.15) is 0 Å². The van der Waals surface area contributed by atoms with Crippen LogP contribution >= 0.6 is 0 Å². The van der Waals surface area contributed by atoms with E-state index in [1.165, 1.54) is 0 Å². The fourth-order valence-electron chi connectivity index (χ4n) is 1.62. The van der Waals surface area contributed by atoms with Gasteiger partial charge in [0.15, 0.2) is 0 Å². The molecule has 0 fully saturated rings. The van der Waals surface area contributed by atoms with Gasteiger partial charge in [0.2, 0.25) is 0 Å². The van der Waals surface area contributed by atoms with E-state index in [0.717, 1.165) is 17.0 Å². The molecular weight excluding hydrogens is 176 g/mol. The summed E-state index contributed by atoms with van der Waals surface area (Å²) in [6.07, 6.45) is -0.448. The monoisotopic (exact) mass is 196 g/mol. The average Bonchev–Trinajstić information content (AvgIpc) is 2.24. The zero-order chi connectivity index (χ0) is 11.1. The molecule has 0 aliphatic rings. The Morgan fingerprint density at radius 2 is 1.79 bits per heavy atom. The van der Waals surface area contributed by atoms with E-state index in [0.29, 0.717) is 0 Å². The Kier molecular flexibility index (Phi) is 2.72. The van der Waals surface area contributed by atoms with E-state index >= 15 is 0 Å². The summed E-state index contributed by atoms with van der Waals surface area (Å²) in [7, 11) is 1.90. The molecule has 0 aromatic carbocycles.